The van der Waals surface area contributed by atoms with E-state index in [0.717, 1.165) is 5.56 Å². The highest BCUT2D eigenvalue weighted by atomic mass is 35.5. The maximum absolute atomic E-state index is 12.0. The second-order valence-electron chi connectivity index (χ2n) is 4.68. The number of aromatic hydroxyl groups is 1. The average molecular weight is 309 g/mol. The third-order valence-corrected chi connectivity index (χ3v) is 3.99. The summed E-state index contributed by atoms with van der Waals surface area (Å²) in [5, 5.41) is 10.6. The van der Waals surface area contributed by atoms with Gasteiger partial charge >= 0.3 is 0 Å². The molecule has 0 aliphatic rings. The summed E-state index contributed by atoms with van der Waals surface area (Å²) in [6.07, 6.45) is 0.434. The van der Waals surface area contributed by atoms with Crippen LogP contribution in [0.15, 0.2) is 36.4 Å². The molecule has 0 amide bonds. The Kier molecular flexibility index (Phi) is 4.69. The molecule has 0 saturated heterocycles. The number of benzene rings is 2. The monoisotopic (exact) mass is 308 g/mol. The van der Waals surface area contributed by atoms with Crippen molar-refractivity contribution >= 4 is 29.0 Å². The molecule has 0 aliphatic heterocycles. The van der Waals surface area contributed by atoms with Crippen LogP contribution in [-0.4, -0.2) is 10.9 Å². The van der Waals surface area contributed by atoms with Crippen molar-refractivity contribution in [3.8, 4) is 5.75 Å². The lowest BCUT2D eigenvalue weighted by molar-refractivity contribution is -0.117. The van der Waals surface area contributed by atoms with Crippen LogP contribution in [0.1, 0.15) is 16.7 Å². The average Bonchev–Trinajstić information content (AvgIpc) is 2.43. The van der Waals surface area contributed by atoms with E-state index in [-0.39, 0.29) is 23.0 Å². The second kappa shape index (κ2) is 6.29. The second-order valence-corrected chi connectivity index (χ2v) is 5.47. The Morgan fingerprint density at radius 2 is 1.80 bits per heavy atom. The van der Waals surface area contributed by atoms with Crippen molar-refractivity contribution in [3.05, 3.63) is 63.1 Å². The highest BCUT2D eigenvalue weighted by molar-refractivity contribution is 6.37. The molecule has 0 bridgehead atoms. The number of ketones is 1. The topological polar surface area (TPSA) is 37.3 Å². The highest BCUT2D eigenvalue weighted by Crippen LogP contribution is 2.35. The largest absolute Gasteiger partial charge is 0.506 e. The lowest BCUT2D eigenvalue weighted by atomic mass is 10.0. The van der Waals surface area contributed by atoms with Crippen LogP contribution in [0.3, 0.4) is 0 Å². The smallest absolute Gasteiger partial charge is 0.141 e. The first-order valence-electron chi connectivity index (χ1n) is 6.21. The zero-order valence-electron chi connectivity index (χ0n) is 11.0. The Hall–Kier alpha value is -1.51. The van der Waals surface area contributed by atoms with E-state index in [0.29, 0.717) is 22.6 Å². The highest BCUT2D eigenvalue weighted by Gasteiger charge is 2.15. The van der Waals surface area contributed by atoms with Crippen LogP contribution in [0.2, 0.25) is 10.0 Å². The normalized spacial score (nSPS) is 10.6. The SMILES string of the molecule is Cc1c(Cl)cc(CC(=O)Cc2ccccc2)c(O)c1Cl. The number of hydrogen-bond donors (Lipinski definition) is 1. The molecule has 2 aromatic rings. The van der Waals surface area contributed by atoms with Crippen LogP contribution in [-0.2, 0) is 17.6 Å². The van der Waals surface area contributed by atoms with Crippen molar-refractivity contribution in [2.75, 3.05) is 0 Å². The van der Waals surface area contributed by atoms with Crippen LogP contribution in [0.4, 0.5) is 0 Å². The zero-order valence-corrected chi connectivity index (χ0v) is 12.5. The molecule has 0 spiro atoms. The van der Waals surface area contributed by atoms with Gasteiger partial charge in [-0.1, -0.05) is 53.5 Å². The van der Waals surface area contributed by atoms with Gasteiger partial charge < -0.3 is 5.11 Å². The first kappa shape index (κ1) is 14.9. The number of phenols is 1. The standard InChI is InChI=1S/C16H14Cl2O2/c1-10-14(17)9-12(16(20)15(10)18)8-13(19)7-11-5-3-2-4-6-11/h2-6,9,20H,7-8H2,1H3. The van der Waals surface area contributed by atoms with Crippen LogP contribution in [0.25, 0.3) is 0 Å². The van der Waals surface area contributed by atoms with Gasteiger partial charge in [-0.05, 0) is 24.1 Å². The molecule has 20 heavy (non-hydrogen) atoms. The summed E-state index contributed by atoms with van der Waals surface area (Å²) in [6.45, 7) is 1.72. The van der Waals surface area contributed by atoms with Crippen LogP contribution >= 0.6 is 23.2 Å². The zero-order chi connectivity index (χ0) is 14.7. The molecule has 0 aliphatic carbocycles. The van der Waals surface area contributed by atoms with Gasteiger partial charge in [-0.25, -0.2) is 0 Å². The summed E-state index contributed by atoms with van der Waals surface area (Å²) >= 11 is 12.0. The molecule has 1 N–H and O–H groups in total. The molecule has 0 fully saturated rings. The number of Topliss-reactive ketones (excluding diaryl/α,β-unsaturated/α-hetero) is 1. The fourth-order valence-electron chi connectivity index (χ4n) is 1.99. The van der Waals surface area contributed by atoms with Crippen molar-refractivity contribution in [2.45, 2.75) is 19.8 Å². The van der Waals surface area contributed by atoms with Gasteiger partial charge in [0.25, 0.3) is 0 Å². The minimum absolute atomic E-state index is 0.00230. The van der Waals surface area contributed by atoms with Gasteiger partial charge in [0.2, 0.25) is 0 Å². The number of carbonyl (C=O) groups is 1. The third kappa shape index (κ3) is 3.33. The molecule has 0 aromatic heterocycles. The molecule has 4 heteroatoms. The molecular weight excluding hydrogens is 295 g/mol. The van der Waals surface area contributed by atoms with Crippen LogP contribution in [0.5, 0.6) is 5.75 Å². The lowest BCUT2D eigenvalue weighted by Crippen LogP contribution is -2.07. The van der Waals surface area contributed by atoms with Gasteiger partial charge in [-0.3, -0.25) is 4.79 Å². The molecule has 0 atom stereocenters. The fraction of sp³-hybridized carbons (Fsp3) is 0.188. The first-order valence-corrected chi connectivity index (χ1v) is 6.96. The Bertz CT molecular complexity index is 637. The van der Waals surface area contributed by atoms with Crippen LogP contribution in [0, 0.1) is 6.92 Å². The van der Waals surface area contributed by atoms with E-state index < -0.39 is 0 Å². The van der Waals surface area contributed by atoms with Gasteiger partial charge in [-0.15, -0.1) is 0 Å². The van der Waals surface area contributed by atoms with E-state index in [1.807, 2.05) is 30.3 Å². The lowest BCUT2D eigenvalue weighted by Gasteiger charge is -2.10. The summed E-state index contributed by atoms with van der Waals surface area (Å²) < 4.78 is 0. The molecule has 2 aromatic carbocycles. The van der Waals surface area contributed by atoms with Crippen molar-refractivity contribution in [3.63, 3.8) is 0 Å². The van der Waals surface area contributed by atoms with E-state index in [4.69, 9.17) is 23.2 Å². The van der Waals surface area contributed by atoms with Gasteiger partial charge in [0, 0.05) is 23.4 Å². The van der Waals surface area contributed by atoms with Crippen molar-refractivity contribution in [1.29, 1.82) is 0 Å². The summed E-state index contributed by atoms with van der Waals surface area (Å²) in [6, 6.07) is 11.1. The van der Waals surface area contributed by atoms with Crippen molar-refractivity contribution < 1.29 is 9.90 Å². The van der Waals surface area contributed by atoms with Gasteiger partial charge in [-0.2, -0.15) is 0 Å². The predicted molar refractivity (Wildman–Crippen MR) is 81.7 cm³/mol. The Balaban J connectivity index is 2.16. The summed E-state index contributed by atoms with van der Waals surface area (Å²) in [5.74, 6) is -0.0579. The Labute approximate surface area is 128 Å². The van der Waals surface area contributed by atoms with Gasteiger partial charge in [0.15, 0.2) is 0 Å². The van der Waals surface area contributed by atoms with Crippen molar-refractivity contribution in [1.82, 2.24) is 0 Å². The molecule has 2 nitrogen and oxygen atoms in total. The van der Waals surface area contributed by atoms with E-state index in [1.54, 1.807) is 13.0 Å². The number of halogens is 2. The molecule has 0 saturated carbocycles. The summed E-state index contributed by atoms with van der Waals surface area (Å²) in [5.41, 5.74) is 2.03. The van der Waals surface area contributed by atoms with Crippen molar-refractivity contribution in [2.24, 2.45) is 0 Å². The molecule has 0 unspecified atom stereocenters. The van der Waals surface area contributed by atoms with E-state index in [9.17, 15) is 9.90 Å². The fourth-order valence-corrected chi connectivity index (χ4v) is 2.48. The molecule has 2 rings (SSSR count). The number of hydrogen-bond acceptors (Lipinski definition) is 2. The minimum Gasteiger partial charge on any atom is -0.506 e. The molecule has 0 radical (unpaired) electrons. The number of rotatable bonds is 4. The minimum atomic E-state index is -0.0602. The summed E-state index contributed by atoms with van der Waals surface area (Å²) in [4.78, 5) is 12.0. The summed E-state index contributed by atoms with van der Waals surface area (Å²) in [7, 11) is 0. The molecular formula is C16H14Cl2O2. The van der Waals surface area contributed by atoms with E-state index in [1.165, 1.54) is 0 Å². The van der Waals surface area contributed by atoms with E-state index >= 15 is 0 Å². The number of phenolic OH excluding ortho intramolecular Hbond substituents is 1. The molecule has 104 valence electrons. The number of carbonyl (C=O) groups excluding carboxylic acids is 1. The predicted octanol–water partition coefficient (Wildman–Crippen LogP) is 4.36. The van der Waals surface area contributed by atoms with E-state index in [2.05, 4.69) is 0 Å². The maximum Gasteiger partial charge on any atom is 0.141 e. The Morgan fingerprint density at radius 1 is 1.15 bits per heavy atom. The quantitative estimate of drug-likeness (QED) is 0.911. The third-order valence-electron chi connectivity index (χ3n) is 3.13. The molecule has 0 heterocycles. The van der Waals surface area contributed by atoms with Gasteiger partial charge in [0.05, 0.1) is 5.02 Å². The maximum atomic E-state index is 12.0. The Morgan fingerprint density at radius 3 is 2.45 bits per heavy atom. The van der Waals surface area contributed by atoms with Gasteiger partial charge in [0.1, 0.15) is 11.5 Å². The first-order chi connectivity index (χ1) is 9.49. The van der Waals surface area contributed by atoms with Crippen LogP contribution < -0.4 is 0 Å².